The first kappa shape index (κ1) is 89.9. The highest BCUT2D eigenvalue weighted by atomic mass is 16.5. The highest BCUT2D eigenvalue weighted by Crippen LogP contribution is 2.65. The molecule has 2 heteroatoms. The number of aryl methyl sites for hydroxylation is 6. The zero-order chi connectivity index (χ0) is 84.7. The van der Waals surface area contributed by atoms with E-state index < -0.39 is 10.8 Å². The smallest absolute Gasteiger partial charge is 0.0713 e. The lowest BCUT2D eigenvalue weighted by Crippen LogP contribution is -2.29. The maximum atomic E-state index is 5.73. The normalized spacial score (nSPS) is 14.5. The van der Waals surface area contributed by atoms with Gasteiger partial charge in [-0.05, 0) is 262 Å². The summed E-state index contributed by atoms with van der Waals surface area (Å²) in [6, 6.07) is 79.4. The van der Waals surface area contributed by atoms with E-state index in [0.717, 1.165) is 52.1 Å². The minimum Gasteiger partial charge on any atom is -0.382 e. The van der Waals surface area contributed by atoms with Crippen molar-refractivity contribution >= 4 is 0 Å². The average molecular weight is 1600 g/mol. The molecule has 10 aromatic carbocycles. The lowest BCUT2D eigenvalue weighted by atomic mass is 9.66. The molecule has 4 aliphatic rings. The monoisotopic (exact) mass is 1600 g/mol. The fourth-order valence-corrected chi connectivity index (χ4v) is 22.1. The SMILES string of the molecule is CCCCCCCCC1(CCCCCCCC)c2cc(C)ccc2-c2cc3c(cc21)-c1ccc(C)cc1C3(c1ccc(C(C)(C)C)cc1)c1ccc(C(C)(C)C)cc1.CCCCCCCCC1(CCCCCCCC)c2cc(C)ccc2-c2cc3c(cc21)-c1ccc(C)cc1C3(c1ccc(CCCOCC)cc1)c1ccc(CCCOCC)cc1. The van der Waals surface area contributed by atoms with Crippen molar-refractivity contribution in [1.82, 2.24) is 0 Å². The zero-order valence-corrected chi connectivity index (χ0v) is 77.7. The van der Waals surface area contributed by atoms with Crippen molar-refractivity contribution in [3.05, 3.63) is 305 Å². The lowest BCUT2D eigenvalue weighted by Gasteiger charge is -2.36. The molecule has 0 bridgehead atoms. The van der Waals surface area contributed by atoms with E-state index in [1.54, 1.807) is 22.3 Å². The van der Waals surface area contributed by atoms with Crippen LogP contribution in [0.15, 0.2) is 194 Å². The molecule has 0 unspecified atom stereocenters. The van der Waals surface area contributed by atoms with E-state index in [4.69, 9.17) is 9.47 Å². The summed E-state index contributed by atoms with van der Waals surface area (Å²) in [4.78, 5) is 0. The fourth-order valence-electron chi connectivity index (χ4n) is 22.1. The second-order valence-electron chi connectivity index (χ2n) is 39.5. The van der Waals surface area contributed by atoms with Crippen LogP contribution in [0.4, 0.5) is 0 Å². The number of fused-ring (bicyclic) bond motifs is 12. The average Bonchev–Trinajstić information content (AvgIpc) is 1.52. The molecule has 0 heterocycles. The molecule has 2 nitrogen and oxygen atoms in total. The van der Waals surface area contributed by atoms with Gasteiger partial charge in [-0.15, -0.1) is 0 Å². The molecule has 4 aliphatic carbocycles. The Kier molecular flexibility index (Phi) is 30.4. The van der Waals surface area contributed by atoms with Crippen LogP contribution in [0.2, 0.25) is 0 Å². The quantitative estimate of drug-likeness (QED) is 0.0355. The van der Waals surface area contributed by atoms with Crippen molar-refractivity contribution < 1.29 is 9.47 Å². The van der Waals surface area contributed by atoms with Gasteiger partial charge in [-0.2, -0.15) is 0 Å². The molecule has 0 radical (unpaired) electrons. The van der Waals surface area contributed by atoms with Crippen LogP contribution in [0.5, 0.6) is 0 Å². The van der Waals surface area contributed by atoms with Crippen LogP contribution in [0.3, 0.4) is 0 Å². The number of ether oxygens (including phenoxy) is 2. The van der Waals surface area contributed by atoms with Crippen molar-refractivity contribution in [3.63, 3.8) is 0 Å². The molecule has 0 saturated carbocycles. The van der Waals surface area contributed by atoms with Gasteiger partial charge in [-0.1, -0.05) is 415 Å². The Balaban J connectivity index is 0.000000208. The van der Waals surface area contributed by atoms with Crippen LogP contribution in [-0.4, -0.2) is 26.4 Å². The molecule has 0 N–H and O–H groups in total. The molecule has 0 fully saturated rings. The molecule has 0 atom stereocenters. The van der Waals surface area contributed by atoms with Gasteiger partial charge in [0.15, 0.2) is 0 Å². The summed E-state index contributed by atoms with van der Waals surface area (Å²) < 4.78 is 11.5. The van der Waals surface area contributed by atoms with E-state index in [1.807, 2.05) is 0 Å². The van der Waals surface area contributed by atoms with Crippen LogP contribution < -0.4 is 0 Å². The van der Waals surface area contributed by atoms with Crippen LogP contribution in [-0.2, 0) is 54.8 Å². The fraction of sp³-hybridized carbons (Fsp3) is 0.492. The second-order valence-corrected chi connectivity index (χ2v) is 39.5. The number of hydrogen-bond donors (Lipinski definition) is 0. The Morgan fingerprint density at radius 3 is 0.750 bits per heavy atom. The van der Waals surface area contributed by atoms with E-state index in [1.165, 1.54) is 313 Å². The highest BCUT2D eigenvalue weighted by Gasteiger charge is 2.53. The van der Waals surface area contributed by atoms with Gasteiger partial charge in [0.25, 0.3) is 0 Å². The van der Waals surface area contributed by atoms with Crippen molar-refractivity contribution in [1.29, 1.82) is 0 Å². The van der Waals surface area contributed by atoms with Crippen LogP contribution in [0.1, 0.15) is 387 Å². The first-order valence-corrected chi connectivity index (χ1v) is 48.6. The molecule has 0 saturated heterocycles. The van der Waals surface area contributed by atoms with E-state index >= 15 is 0 Å². The van der Waals surface area contributed by atoms with Gasteiger partial charge in [-0.25, -0.2) is 0 Å². The van der Waals surface area contributed by atoms with Crippen molar-refractivity contribution in [3.8, 4) is 44.5 Å². The summed E-state index contributed by atoms with van der Waals surface area (Å²) in [5, 5.41) is 0. The molecule has 0 amide bonds. The van der Waals surface area contributed by atoms with E-state index in [9.17, 15) is 0 Å². The molecule has 10 aromatic rings. The Labute approximate surface area is 729 Å². The van der Waals surface area contributed by atoms with E-state index in [-0.39, 0.29) is 21.7 Å². The van der Waals surface area contributed by atoms with Crippen LogP contribution in [0.25, 0.3) is 44.5 Å². The number of benzene rings is 10. The molecule has 14 rings (SSSR count). The highest BCUT2D eigenvalue weighted by molar-refractivity contribution is 5.95. The minimum atomic E-state index is -0.450. The molecular weight excluding hydrogens is 1450 g/mol. The van der Waals surface area contributed by atoms with Crippen molar-refractivity contribution in [2.24, 2.45) is 0 Å². The topological polar surface area (TPSA) is 18.5 Å². The Hall–Kier alpha value is -7.88. The van der Waals surface area contributed by atoms with Gasteiger partial charge in [0.2, 0.25) is 0 Å². The van der Waals surface area contributed by atoms with Gasteiger partial charge in [0, 0.05) is 37.3 Å². The maximum Gasteiger partial charge on any atom is 0.0713 e. The summed E-state index contributed by atoms with van der Waals surface area (Å²) in [6.45, 7) is 39.8. The first-order chi connectivity index (χ1) is 58.2. The number of unbranched alkanes of at least 4 members (excludes halogenated alkanes) is 20. The van der Waals surface area contributed by atoms with Gasteiger partial charge >= 0.3 is 0 Å². The Bertz CT molecular complexity index is 4840. The van der Waals surface area contributed by atoms with Crippen LogP contribution >= 0.6 is 0 Å². The van der Waals surface area contributed by atoms with Crippen molar-refractivity contribution in [2.45, 2.75) is 349 Å². The third kappa shape index (κ3) is 18.8. The van der Waals surface area contributed by atoms with Crippen LogP contribution in [0, 0.1) is 27.7 Å². The number of hydrogen-bond acceptors (Lipinski definition) is 2. The van der Waals surface area contributed by atoms with Gasteiger partial charge in [-0.3, -0.25) is 0 Å². The standard InChI is InChI=1S/C60H78O2.C58H74/c1-7-11-13-15-17-19-37-59(38-20-18-16-14-12-8-2)55-41-45(5)25-35-51(55)53-44-58-54(43-56(53)59)52-36-26-46(6)42-57(52)60(58,49-31-27-47(28-32-49)23-21-39-61-9-3)50-33-29-48(30-34-50)24-22-40-62-10-4;1-11-13-15-17-19-21-35-57(36-22-20-18-16-14-12-2)51-37-41(3)23-33-47(51)49-40-54-50(39-52(49)57)48-34-24-42(4)38-53(48)58(54,45-29-25-43(26-30-45)55(5,6)7)46-31-27-44(28-32-46)56(8,9)10/h25-36,41-44H,7-24,37-40H2,1-6H3;23-34,37-40H,11-22,35-36H2,1-10H3. The largest absolute Gasteiger partial charge is 0.382 e. The van der Waals surface area contributed by atoms with Gasteiger partial charge in [0.1, 0.15) is 0 Å². The van der Waals surface area contributed by atoms with E-state index in [2.05, 4.69) is 305 Å². The summed E-state index contributed by atoms with van der Waals surface area (Å²) >= 11 is 0. The molecule has 636 valence electrons. The summed E-state index contributed by atoms with van der Waals surface area (Å²) in [6.07, 6.45) is 41.1. The maximum absolute atomic E-state index is 5.73. The lowest BCUT2D eigenvalue weighted by molar-refractivity contribution is 0.145. The first-order valence-electron chi connectivity index (χ1n) is 48.6. The molecular formula is C118H152O2. The molecule has 0 aliphatic heterocycles. The third-order valence-electron chi connectivity index (χ3n) is 28.7. The summed E-state index contributed by atoms with van der Waals surface area (Å²) in [5.41, 5.74) is 39.4. The zero-order valence-electron chi connectivity index (χ0n) is 77.7. The predicted octanol–water partition coefficient (Wildman–Crippen LogP) is 33.4. The number of rotatable bonds is 42. The molecule has 0 aromatic heterocycles. The Morgan fingerprint density at radius 2 is 0.467 bits per heavy atom. The van der Waals surface area contributed by atoms with Gasteiger partial charge < -0.3 is 9.47 Å². The predicted molar refractivity (Wildman–Crippen MR) is 518 cm³/mol. The minimum absolute atomic E-state index is 0.0314. The summed E-state index contributed by atoms with van der Waals surface area (Å²) in [7, 11) is 0. The molecule has 0 spiro atoms. The molecule has 120 heavy (non-hydrogen) atoms. The third-order valence-corrected chi connectivity index (χ3v) is 28.7. The van der Waals surface area contributed by atoms with Gasteiger partial charge in [0.05, 0.1) is 10.8 Å². The summed E-state index contributed by atoms with van der Waals surface area (Å²) in [5.74, 6) is 0. The van der Waals surface area contributed by atoms with Crippen molar-refractivity contribution in [2.75, 3.05) is 26.4 Å². The Morgan fingerprint density at radius 1 is 0.233 bits per heavy atom. The second kappa shape index (κ2) is 40.6. The van der Waals surface area contributed by atoms with E-state index in [0.29, 0.717) is 0 Å².